The van der Waals surface area contributed by atoms with Gasteiger partial charge in [-0.2, -0.15) is 4.98 Å². The highest BCUT2D eigenvalue weighted by molar-refractivity contribution is 7.90. The summed E-state index contributed by atoms with van der Waals surface area (Å²) in [6, 6.07) is 18.9. The Morgan fingerprint density at radius 3 is 2.24 bits per heavy atom. The summed E-state index contributed by atoms with van der Waals surface area (Å²) in [7, 11) is -2.39. The van der Waals surface area contributed by atoms with Crippen LogP contribution in [-0.4, -0.2) is 78.4 Å². The number of anilines is 3. The number of aromatic nitrogens is 3. The lowest BCUT2D eigenvalue weighted by atomic mass is 10.1. The largest absolute Gasteiger partial charge is 0.495 e. The number of ether oxygens (including phenoxy) is 4. The minimum Gasteiger partial charge on any atom is -0.495 e. The third-order valence-electron chi connectivity index (χ3n) is 8.40. The van der Waals surface area contributed by atoms with Crippen molar-refractivity contribution in [3.05, 3.63) is 96.4 Å². The number of rotatable bonds is 14. The molecule has 0 saturated carbocycles. The zero-order chi connectivity index (χ0) is 43.1. The van der Waals surface area contributed by atoms with Crippen LogP contribution in [0.4, 0.5) is 31.3 Å². The number of nitrogens with one attached hydrogen (secondary N) is 2. The van der Waals surface area contributed by atoms with Crippen LogP contribution in [0.2, 0.25) is 0 Å². The van der Waals surface area contributed by atoms with Gasteiger partial charge in [-0.3, -0.25) is 4.79 Å². The molecule has 0 saturated heterocycles. The number of esters is 1. The second kappa shape index (κ2) is 18.4. The highest BCUT2D eigenvalue weighted by Crippen LogP contribution is 2.36. The number of sulfone groups is 1. The van der Waals surface area contributed by atoms with Crippen LogP contribution in [0.1, 0.15) is 53.0 Å². The minimum atomic E-state index is -3.68. The summed E-state index contributed by atoms with van der Waals surface area (Å²) in [5, 5.41) is 9.85. The van der Waals surface area contributed by atoms with Gasteiger partial charge in [0.1, 0.15) is 23.2 Å². The first kappa shape index (κ1) is 43.6. The molecule has 18 heteroatoms. The summed E-state index contributed by atoms with van der Waals surface area (Å²) < 4.78 is 61.2. The summed E-state index contributed by atoms with van der Waals surface area (Å²) in [4.78, 5) is 57.5. The van der Waals surface area contributed by atoms with Gasteiger partial charge >= 0.3 is 18.2 Å². The Morgan fingerprint density at radius 1 is 0.932 bits per heavy atom. The average molecular weight is 833 g/mol. The zero-order valence-corrected chi connectivity index (χ0v) is 34.3. The molecule has 0 spiro atoms. The van der Waals surface area contributed by atoms with E-state index in [9.17, 15) is 32.0 Å². The van der Waals surface area contributed by atoms with Crippen molar-refractivity contribution < 1.29 is 50.9 Å². The maximum absolute atomic E-state index is 14.0. The third kappa shape index (κ3) is 11.8. The normalized spacial score (nSPS) is 12.5. The second-order valence-electron chi connectivity index (χ2n) is 14.4. The van der Waals surface area contributed by atoms with Crippen LogP contribution in [0.25, 0.3) is 16.8 Å². The molecule has 59 heavy (non-hydrogen) atoms. The van der Waals surface area contributed by atoms with Gasteiger partial charge in [0.15, 0.2) is 15.5 Å². The molecule has 2 unspecified atom stereocenters. The number of fused-ring (bicyclic) bond motifs is 1. The Labute approximate surface area is 340 Å². The predicted molar refractivity (Wildman–Crippen MR) is 216 cm³/mol. The lowest BCUT2D eigenvalue weighted by molar-refractivity contribution is -0.167. The van der Waals surface area contributed by atoms with E-state index in [-0.39, 0.29) is 46.8 Å². The van der Waals surface area contributed by atoms with E-state index in [4.69, 9.17) is 18.9 Å². The van der Waals surface area contributed by atoms with Gasteiger partial charge in [0.2, 0.25) is 12.2 Å². The van der Waals surface area contributed by atoms with Crippen molar-refractivity contribution in [2.45, 2.75) is 76.7 Å². The number of carbonyl (C=O) groups excluding carboxylic acids is 4. The molecule has 2 heterocycles. The molecule has 5 rings (SSSR count). The fourth-order valence-electron chi connectivity index (χ4n) is 5.69. The maximum atomic E-state index is 14.0. The van der Waals surface area contributed by atoms with Crippen molar-refractivity contribution in [3.63, 3.8) is 0 Å². The number of pyridine rings is 1. The number of halogens is 1. The Bertz CT molecular complexity index is 2430. The Hall–Kier alpha value is -6.56. The fraction of sp³-hybridized carbons (Fsp3) is 0.317. The Balaban J connectivity index is 1.39. The second-order valence-corrected chi connectivity index (χ2v) is 16.4. The molecule has 0 aliphatic carbocycles. The number of hydrogen-bond acceptors (Lipinski definition) is 12. The average Bonchev–Trinajstić information content (AvgIpc) is 3.57. The van der Waals surface area contributed by atoms with E-state index < -0.39 is 45.9 Å². The van der Waals surface area contributed by atoms with Crippen molar-refractivity contribution in [2.24, 2.45) is 0 Å². The van der Waals surface area contributed by atoms with E-state index in [2.05, 4.69) is 20.7 Å². The summed E-state index contributed by atoms with van der Waals surface area (Å²) in [6.07, 6.45) is 0.0461. The molecule has 3 amide bonds. The predicted octanol–water partition coefficient (Wildman–Crippen LogP) is 6.99. The first-order valence-electron chi connectivity index (χ1n) is 18.4. The molecule has 312 valence electrons. The van der Waals surface area contributed by atoms with Gasteiger partial charge in [-0.25, -0.2) is 36.6 Å². The van der Waals surface area contributed by atoms with Gasteiger partial charge in [0.25, 0.3) is 5.95 Å². The van der Waals surface area contributed by atoms with Crippen LogP contribution in [-0.2, 0) is 40.1 Å². The van der Waals surface area contributed by atoms with E-state index in [1.54, 1.807) is 75.5 Å². The molecule has 2 aromatic heterocycles. The smallest absolute Gasteiger partial charge is 0.424 e. The number of carbonyl (C=O) groups is 4. The molecular formula is C41H45FN6O10S. The highest BCUT2D eigenvalue weighted by Gasteiger charge is 2.32. The molecule has 16 nitrogen and oxygen atoms in total. The highest BCUT2D eigenvalue weighted by atomic mass is 32.2. The van der Waals surface area contributed by atoms with Crippen LogP contribution in [0.5, 0.6) is 5.75 Å². The number of hydrogen-bond donors (Lipinski definition) is 2. The molecule has 0 radical (unpaired) electrons. The summed E-state index contributed by atoms with van der Waals surface area (Å²) in [5.74, 6) is -1.77. The first-order chi connectivity index (χ1) is 27.8. The molecule has 3 aromatic carbocycles. The number of methoxy groups -OCH3 is 1. The lowest BCUT2D eigenvalue weighted by Gasteiger charge is -2.25. The molecular weight excluding hydrogens is 788 g/mol. The van der Waals surface area contributed by atoms with Gasteiger partial charge in [-0.05, 0) is 86.8 Å². The monoisotopic (exact) mass is 832 g/mol. The van der Waals surface area contributed by atoms with Crippen molar-refractivity contribution in [1.82, 2.24) is 19.9 Å². The van der Waals surface area contributed by atoms with Gasteiger partial charge in [0, 0.05) is 36.7 Å². The van der Waals surface area contributed by atoms with Crippen LogP contribution in [0, 0.1) is 5.82 Å². The summed E-state index contributed by atoms with van der Waals surface area (Å²) in [6.45, 7) is 8.15. The number of benzene rings is 3. The molecule has 2 atom stereocenters. The van der Waals surface area contributed by atoms with E-state index in [0.29, 0.717) is 28.9 Å². The van der Waals surface area contributed by atoms with Crippen molar-refractivity contribution in [3.8, 4) is 16.9 Å². The van der Waals surface area contributed by atoms with Crippen molar-refractivity contribution in [1.29, 1.82) is 0 Å². The van der Waals surface area contributed by atoms with Crippen LogP contribution in [0.15, 0.2) is 90.0 Å². The Morgan fingerprint density at radius 2 is 1.61 bits per heavy atom. The molecule has 0 aliphatic heterocycles. The lowest BCUT2D eigenvalue weighted by Crippen LogP contribution is -2.45. The fourth-order valence-corrected chi connectivity index (χ4v) is 6.32. The van der Waals surface area contributed by atoms with Gasteiger partial charge in [0.05, 0.1) is 24.1 Å². The molecule has 0 aliphatic rings. The van der Waals surface area contributed by atoms with E-state index in [1.807, 2.05) is 6.92 Å². The van der Waals surface area contributed by atoms with Crippen LogP contribution >= 0.6 is 0 Å². The first-order valence-corrected chi connectivity index (χ1v) is 20.3. The van der Waals surface area contributed by atoms with E-state index in [0.717, 1.165) is 16.7 Å². The van der Waals surface area contributed by atoms with E-state index >= 15 is 0 Å². The van der Waals surface area contributed by atoms with Crippen LogP contribution < -0.4 is 20.3 Å². The standard InChI is InChI=1S/C41H45FN6O10S/c1-8-9-32(44-39(51)58-41(3,4)5)37(50)56-25(2)57-40(52)48(33-20-19-31(59(7,53)54)23-34(33)55-6)38-45-35-21-14-28(24-47(35)46-38)27-12-17-30(18-13-27)43-36(49)22-26-10-15-29(42)16-11-26/h10-21,23-25,32H,8-9,22H2,1-7H3,(H,43,49)(H,44,51). The minimum absolute atomic E-state index is 0.00655. The molecule has 2 N–H and O–H groups in total. The van der Waals surface area contributed by atoms with Gasteiger partial charge in [-0.1, -0.05) is 37.6 Å². The zero-order valence-electron chi connectivity index (χ0n) is 33.5. The number of amides is 3. The summed E-state index contributed by atoms with van der Waals surface area (Å²) in [5.41, 5.74) is 2.18. The topological polar surface area (TPSA) is 197 Å². The summed E-state index contributed by atoms with van der Waals surface area (Å²) >= 11 is 0. The number of nitrogens with zero attached hydrogens (tertiary/aromatic N) is 4. The quantitative estimate of drug-likeness (QED) is 0.0861. The molecule has 5 aromatic rings. The third-order valence-corrected chi connectivity index (χ3v) is 9.51. The maximum Gasteiger partial charge on any atom is 0.424 e. The van der Waals surface area contributed by atoms with Crippen molar-refractivity contribution in [2.75, 3.05) is 23.6 Å². The number of alkyl carbamates (subject to hydrolysis) is 1. The van der Waals surface area contributed by atoms with Crippen LogP contribution in [0.3, 0.4) is 0 Å². The van der Waals surface area contributed by atoms with Crippen molar-refractivity contribution >= 4 is 56.9 Å². The Kier molecular flexibility index (Phi) is 13.6. The SMILES string of the molecule is CCCC(NC(=O)OC(C)(C)C)C(=O)OC(C)OC(=O)N(c1nc2ccc(-c3ccc(NC(=O)Cc4ccc(F)cc4)cc3)cn2n1)c1ccc(S(C)(=O)=O)cc1OC. The molecule has 0 bridgehead atoms. The van der Waals surface area contributed by atoms with E-state index in [1.165, 1.54) is 48.9 Å². The van der Waals surface area contributed by atoms with Gasteiger partial charge in [-0.15, -0.1) is 5.10 Å². The van der Waals surface area contributed by atoms with Gasteiger partial charge < -0.3 is 29.6 Å². The molecule has 0 fully saturated rings.